The minimum Gasteiger partial charge on any atom is -0.462 e. The number of nitrogens with two attached hydrogens (primary N) is 1. The van der Waals surface area contributed by atoms with Crippen LogP contribution in [0, 0.1) is 0 Å². The second-order valence-electron chi connectivity index (χ2n) is 3.55. The van der Waals surface area contributed by atoms with Crippen molar-refractivity contribution in [2.75, 3.05) is 13.2 Å². The van der Waals surface area contributed by atoms with Gasteiger partial charge in [-0.2, -0.15) is 0 Å². The second kappa shape index (κ2) is 9.48. The summed E-state index contributed by atoms with van der Waals surface area (Å²) >= 11 is 0. The first-order valence-electron chi connectivity index (χ1n) is 4.40. The number of rotatable bonds is 4. The summed E-state index contributed by atoms with van der Waals surface area (Å²) in [7, 11) is 0. The van der Waals surface area contributed by atoms with E-state index in [1.54, 1.807) is 0 Å². The molecule has 0 amide bonds. The fraction of sp³-hybridized carbons (Fsp3) is 0.889. The van der Waals surface area contributed by atoms with E-state index in [4.69, 9.17) is 10.8 Å². The first-order chi connectivity index (χ1) is 5.97. The molecule has 4 nitrogen and oxygen atoms in total. The lowest BCUT2D eigenvalue weighted by Crippen LogP contribution is -2.17. The van der Waals surface area contributed by atoms with Crippen molar-refractivity contribution in [1.82, 2.24) is 0 Å². The summed E-state index contributed by atoms with van der Waals surface area (Å²) in [4.78, 5) is 9.60. The number of unbranched alkanes of at least 4 members (excludes halogenated alkanes) is 1. The Hall–Kier alpha value is -0.610. The Morgan fingerprint density at radius 2 is 1.92 bits per heavy atom. The maximum Gasteiger partial charge on any atom is 0.293 e. The van der Waals surface area contributed by atoms with Crippen LogP contribution in [-0.2, 0) is 9.53 Å². The summed E-state index contributed by atoms with van der Waals surface area (Å²) in [5.41, 5.74) is 4.79. The number of aliphatic hydroxyl groups is 1. The summed E-state index contributed by atoms with van der Waals surface area (Å²) in [6.07, 6.45) is 1.78. The topological polar surface area (TPSA) is 72.5 Å². The van der Waals surface area contributed by atoms with Crippen LogP contribution in [0.4, 0.5) is 0 Å². The molecule has 0 fully saturated rings. The molecule has 0 aromatic carbocycles. The van der Waals surface area contributed by atoms with E-state index in [1.807, 2.05) is 20.8 Å². The van der Waals surface area contributed by atoms with Crippen molar-refractivity contribution in [3.8, 4) is 0 Å². The van der Waals surface area contributed by atoms with Crippen LogP contribution in [-0.4, -0.2) is 30.3 Å². The van der Waals surface area contributed by atoms with E-state index in [2.05, 4.69) is 4.74 Å². The minimum absolute atomic E-state index is 0.275. The third-order valence-corrected chi connectivity index (χ3v) is 1.01. The fourth-order valence-electron chi connectivity index (χ4n) is 0.400. The molecule has 4 heteroatoms. The smallest absolute Gasteiger partial charge is 0.293 e. The molecule has 3 N–H and O–H groups in total. The van der Waals surface area contributed by atoms with E-state index in [1.165, 1.54) is 0 Å². The Kier molecular flexibility index (Phi) is 10.9. The van der Waals surface area contributed by atoms with Crippen molar-refractivity contribution in [2.24, 2.45) is 5.73 Å². The molecule has 80 valence electrons. The van der Waals surface area contributed by atoms with E-state index in [-0.39, 0.29) is 12.2 Å². The van der Waals surface area contributed by atoms with Gasteiger partial charge in [-0.25, -0.2) is 0 Å². The van der Waals surface area contributed by atoms with Crippen LogP contribution < -0.4 is 5.73 Å². The summed E-state index contributed by atoms with van der Waals surface area (Å²) in [6.45, 7) is 6.89. The molecule has 0 aliphatic carbocycles. The standard InChI is InChI=1S/C5H10O2.C4H11NO/c1-5(2,3)7-4-6;5-3-1-2-4-6/h4H,1-3H3;6H,1-5H2. The highest BCUT2D eigenvalue weighted by Gasteiger charge is 2.07. The molecule has 0 rings (SSSR count). The molecular formula is C9H21NO3. The Balaban J connectivity index is 0. The normalized spacial score (nSPS) is 9.92. The van der Waals surface area contributed by atoms with Crippen LogP contribution in [0.25, 0.3) is 0 Å². The molecule has 0 heterocycles. The van der Waals surface area contributed by atoms with Gasteiger partial charge in [0.15, 0.2) is 0 Å². The van der Waals surface area contributed by atoms with Crippen LogP contribution in [0.5, 0.6) is 0 Å². The largest absolute Gasteiger partial charge is 0.462 e. The second-order valence-corrected chi connectivity index (χ2v) is 3.55. The van der Waals surface area contributed by atoms with Crippen LogP contribution in [0.15, 0.2) is 0 Å². The summed E-state index contributed by atoms with van der Waals surface area (Å²) < 4.78 is 4.55. The lowest BCUT2D eigenvalue weighted by atomic mass is 10.2. The van der Waals surface area contributed by atoms with Gasteiger partial charge in [0.05, 0.1) is 0 Å². The van der Waals surface area contributed by atoms with Crippen molar-refractivity contribution in [3.05, 3.63) is 0 Å². The SMILES string of the molecule is CC(C)(C)OC=O.NCCCCO. The highest BCUT2D eigenvalue weighted by Crippen LogP contribution is 2.02. The van der Waals surface area contributed by atoms with Crippen LogP contribution in [0.1, 0.15) is 33.6 Å². The lowest BCUT2D eigenvalue weighted by molar-refractivity contribution is -0.138. The number of hydrogen-bond acceptors (Lipinski definition) is 4. The fourth-order valence-corrected chi connectivity index (χ4v) is 0.400. The molecule has 13 heavy (non-hydrogen) atoms. The molecule has 0 bridgehead atoms. The number of ether oxygens (including phenoxy) is 1. The monoisotopic (exact) mass is 191 g/mol. The van der Waals surface area contributed by atoms with Gasteiger partial charge in [-0.1, -0.05) is 0 Å². The van der Waals surface area contributed by atoms with Gasteiger partial charge in [-0.05, 0) is 40.2 Å². The van der Waals surface area contributed by atoms with Crippen LogP contribution >= 0.6 is 0 Å². The van der Waals surface area contributed by atoms with E-state index < -0.39 is 0 Å². The first kappa shape index (κ1) is 14.9. The number of carbonyl (C=O) groups is 1. The van der Waals surface area contributed by atoms with Gasteiger partial charge in [0.1, 0.15) is 5.60 Å². The van der Waals surface area contributed by atoms with Crippen molar-refractivity contribution < 1.29 is 14.6 Å². The van der Waals surface area contributed by atoms with Gasteiger partial charge < -0.3 is 15.6 Å². The van der Waals surface area contributed by atoms with Crippen molar-refractivity contribution in [1.29, 1.82) is 0 Å². The minimum atomic E-state index is -0.318. The number of carbonyl (C=O) groups excluding carboxylic acids is 1. The zero-order valence-electron chi connectivity index (χ0n) is 8.75. The molecule has 0 atom stereocenters. The molecule has 0 radical (unpaired) electrons. The summed E-state index contributed by atoms with van der Waals surface area (Å²) in [5.74, 6) is 0. The average molecular weight is 191 g/mol. The maximum atomic E-state index is 9.60. The van der Waals surface area contributed by atoms with Gasteiger partial charge in [0.2, 0.25) is 0 Å². The number of aliphatic hydroxyl groups excluding tert-OH is 1. The Morgan fingerprint density at radius 1 is 1.38 bits per heavy atom. The van der Waals surface area contributed by atoms with Gasteiger partial charge >= 0.3 is 0 Å². The quantitative estimate of drug-likeness (QED) is 0.506. The predicted octanol–water partition coefficient (Wildman–Crippen LogP) is 0.676. The summed E-state index contributed by atoms with van der Waals surface area (Å²) in [5, 5.41) is 8.14. The molecule has 0 aliphatic heterocycles. The van der Waals surface area contributed by atoms with Gasteiger partial charge in [0, 0.05) is 6.61 Å². The maximum absolute atomic E-state index is 9.60. The lowest BCUT2D eigenvalue weighted by Gasteiger charge is -2.14. The van der Waals surface area contributed by atoms with E-state index in [0.717, 1.165) is 12.8 Å². The molecule has 0 aromatic heterocycles. The first-order valence-corrected chi connectivity index (χ1v) is 4.40. The zero-order chi connectivity index (χ0) is 10.7. The molecule has 0 saturated carbocycles. The molecule has 0 unspecified atom stereocenters. The highest BCUT2D eigenvalue weighted by atomic mass is 16.5. The Labute approximate surface area is 80.1 Å². The van der Waals surface area contributed by atoms with Gasteiger partial charge in [0.25, 0.3) is 6.47 Å². The Bertz CT molecular complexity index is 106. The van der Waals surface area contributed by atoms with E-state index >= 15 is 0 Å². The zero-order valence-corrected chi connectivity index (χ0v) is 8.75. The van der Waals surface area contributed by atoms with Gasteiger partial charge in [-0.3, -0.25) is 4.79 Å². The highest BCUT2D eigenvalue weighted by molar-refractivity contribution is 5.37. The van der Waals surface area contributed by atoms with Crippen molar-refractivity contribution >= 4 is 6.47 Å². The third kappa shape index (κ3) is 24.6. The van der Waals surface area contributed by atoms with Crippen molar-refractivity contribution in [2.45, 2.75) is 39.2 Å². The Morgan fingerprint density at radius 3 is 2.00 bits per heavy atom. The third-order valence-electron chi connectivity index (χ3n) is 1.01. The molecule has 0 spiro atoms. The molecule has 0 aromatic rings. The van der Waals surface area contributed by atoms with Crippen LogP contribution in [0.2, 0.25) is 0 Å². The molecule has 0 aliphatic rings. The average Bonchev–Trinajstić information content (AvgIpc) is 1.99. The molecular weight excluding hydrogens is 170 g/mol. The predicted molar refractivity (Wildman–Crippen MR) is 52.3 cm³/mol. The van der Waals surface area contributed by atoms with Gasteiger partial charge in [-0.15, -0.1) is 0 Å². The van der Waals surface area contributed by atoms with E-state index in [9.17, 15) is 4.79 Å². The molecule has 0 saturated heterocycles. The van der Waals surface area contributed by atoms with E-state index in [0.29, 0.717) is 13.0 Å². The summed E-state index contributed by atoms with van der Waals surface area (Å²) in [6, 6.07) is 0. The van der Waals surface area contributed by atoms with Crippen molar-refractivity contribution in [3.63, 3.8) is 0 Å². The van der Waals surface area contributed by atoms with Crippen LogP contribution in [0.3, 0.4) is 0 Å². The number of hydrogen-bond donors (Lipinski definition) is 2.